The molecule has 0 radical (unpaired) electrons. The highest BCUT2D eigenvalue weighted by molar-refractivity contribution is 5.76. The average Bonchev–Trinajstić information content (AvgIpc) is 2.84. The molecule has 3 heteroatoms. The molecule has 1 atom stereocenters. The third kappa shape index (κ3) is 2.97. The zero-order chi connectivity index (χ0) is 11.4. The third-order valence-electron chi connectivity index (χ3n) is 4.25. The maximum atomic E-state index is 7.24. The second-order valence-corrected chi connectivity index (χ2v) is 5.42. The van der Waals surface area contributed by atoms with Crippen molar-refractivity contribution >= 4 is 5.84 Å². The molecule has 0 aromatic heterocycles. The Morgan fingerprint density at radius 3 is 2.62 bits per heavy atom. The highest BCUT2D eigenvalue weighted by atomic mass is 15.2. The van der Waals surface area contributed by atoms with Gasteiger partial charge in [0.25, 0.3) is 0 Å². The van der Waals surface area contributed by atoms with Crippen LogP contribution in [0.1, 0.15) is 51.4 Å². The van der Waals surface area contributed by atoms with Crippen LogP contribution < -0.4 is 5.73 Å². The fourth-order valence-corrected chi connectivity index (χ4v) is 3.48. The van der Waals surface area contributed by atoms with Crippen LogP contribution in [0.2, 0.25) is 0 Å². The molecule has 1 aliphatic heterocycles. The molecule has 1 heterocycles. The van der Waals surface area contributed by atoms with Crippen LogP contribution in [0, 0.1) is 11.3 Å². The summed E-state index contributed by atoms with van der Waals surface area (Å²) in [4.78, 5) is 2.67. The van der Waals surface area contributed by atoms with Gasteiger partial charge < -0.3 is 10.6 Å². The van der Waals surface area contributed by atoms with Gasteiger partial charge in [-0.25, -0.2) is 0 Å². The van der Waals surface area contributed by atoms with Gasteiger partial charge in [-0.05, 0) is 51.1 Å². The number of amidine groups is 1. The van der Waals surface area contributed by atoms with E-state index >= 15 is 0 Å². The van der Waals surface area contributed by atoms with Crippen molar-refractivity contribution in [3.63, 3.8) is 0 Å². The van der Waals surface area contributed by atoms with Gasteiger partial charge in [0.05, 0.1) is 5.84 Å². The Hall–Kier alpha value is -0.570. The largest absolute Gasteiger partial charge is 0.388 e. The van der Waals surface area contributed by atoms with Crippen molar-refractivity contribution < 1.29 is 0 Å². The van der Waals surface area contributed by atoms with Gasteiger partial charge in [-0.1, -0.05) is 12.8 Å². The Kier molecular flexibility index (Phi) is 4.22. The fraction of sp³-hybridized carbons (Fsp3) is 0.923. The molecule has 0 aromatic carbocycles. The van der Waals surface area contributed by atoms with Crippen LogP contribution in [-0.4, -0.2) is 29.9 Å². The van der Waals surface area contributed by atoms with E-state index in [2.05, 4.69) is 4.90 Å². The van der Waals surface area contributed by atoms with Crippen LogP contribution in [0.15, 0.2) is 0 Å². The summed E-state index contributed by atoms with van der Waals surface area (Å²) in [5.41, 5.74) is 5.40. The van der Waals surface area contributed by atoms with E-state index in [4.69, 9.17) is 11.1 Å². The first kappa shape index (κ1) is 11.9. The topological polar surface area (TPSA) is 53.1 Å². The first-order valence-electron chi connectivity index (χ1n) is 6.84. The standard InChI is InChI=1S/C13H25N3/c14-13(15)8-4-10-16-9-3-7-12(16)11-5-1-2-6-11/h11-12H,1-10H2,(H3,14,15). The first-order valence-corrected chi connectivity index (χ1v) is 6.84. The van der Waals surface area contributed by atoms with E-state index in [0.717, 1.165) is 31.3 Å². The van der Waals surface area contributed by atoms with Crippen molar-refractivity contribution in [3.05, 3.63) is 0 Å². The van der Waals surface area contributed by atoms with Gasteiger partial charge in [-0.2, -0.15) is 0 Å². The number of rotatable bonds is 5. The molecular formula is C13H25N3. The predicted molar refractivity (Wildman–Crippen MR) is 67.7 cm³/mol. The lowest BCUT2D eigenvalue weighted by Gasteiger charge is -2.29. The molecule has 1 unspecified atom stereocenters. The SMILES string of the molecule is N=C(N)CCCN1CCCC1C1CCCC1. The lowest BCUT2D eigenvalue weighted by Crippen LogP contribution is -2.35. The number of nitrogens with two attached hydrogens (primary N) is 1. The second kappa shape index (κ2) is 5.67. The van der Waals surface area contributed by atoms with E-state index in [1.807, 2.05) is 0 Å². The van der Waals surface area contributed by atoms with E-state index in [9.17, 15) is 0 Å². The molecule has 2 fully saturated rings. The molecule has 3 nitrogen and oxygen atoms in total. The zero-order valence-corrected chi connectivity index (χ0v) is 10.3. The summed E-state index contributed by atoms with van der Waals surface area (Å²) in [5, 5.41) is 7.24. The van der Waals surface area contributed by atoms with E-state index in [1.54, 1.807) is 0 Å². The first-order chi connectivity index (χ1) is 7.77. The van der Waals surface area contributed by atoms with Crippen molar-refractivity contribution in [2.45, 2.75) is 57.4 Å². The molecule has 3 N–H and O–H groups in total. The van der Waals surface area contributed by atoms with Crippen molar-refractivity contribution in [2.75, 3.05) is 13.1 Å². The third-order valence-corrected chi connectivity index (χ3v) is 4.25. The molecule has 0 bridgehead atoms. The van der Waals surface area contributed by atoms with Crippen molar-refractivity contribution in [1.82, 2.24) is 4.90 Å². The van der Waals surface area contributed by atoms with Gasteiger partial charge in [0.1, 0.15) is 0 Å². The molecule has 92 valence electrons. The smallest absolute Gasteiger partial charge is 0.0905 e. The van der Waals surface area contributed by atoms with Gasteiger partial charge >= 0.3 is 0 Å². The molecule has 1 saturated heterocycles. The van der Waals surface area contributed by atoms with Gasteiger partial charge in [0.2, 0.25) is 0 Å². The Labute approximate surface area is 98.9 Å². The summed E-state index contributed by atoms with van der Waals surface area (Å²) in [6.45, 7) is 2.43. The lowest BCUT2D eigenvalue weighted by atomic mass is 9.96. The highest BCUT2D eigenvalue weighted by Crippen LogP contribution is 2.35. The quantitative estimate of drug-likeness (QED) is 0.555. The summed E-state index contributed by atoms with van der Waals surface area (Å²) in [5.74, 6) is 1.32. The number of hydrogen-bond acceptors (Lipinski definition) is 2. The van der Waals surface area contributed by atoms with Crippen LogP contribution in [0.4, 0.5) is 0 Å². The van der Waals surface area contributed by atoms with Gasteiger partial charge in [-0.3, -0.25) is 5.41 Å². The van der Waals surface area contributed by atoms with Crippen LogP contribution in [0.5, 0.6) is 0 Å². The minimum absolute atomic E-state index is 0.344. The monoisotopic (exact) mass is 223 g/mol. The average molecular weight is 223 g/mol. The molecule has 16 heavy (non-hydrogen) atoms. The summed E-state index contributed by atoms with van der Waals surface area (Å²) in [6, 6.07) is 0.856. The molecule has 0 aromatic rings. The Bertz CT molecular complexity index is 233. The zero-order valence-electron chi connectivity index (χ0n) is 10.3. The maximum absolute atomic E-state index is 7.24. The summed E-state index contributed by atoms with van der Waals surface area (Å²) >= 11 is 0. The number of nitrogens with zero attached hydrogens (tertiary/aromatic N) is 1. The molecule has 0 spiro atoms. The molecule has 0 amide bonds. The van der Waals surface area contributed by atoms with E-state index in [1.165, 1.54) is 45.1 Å². The van der Waals surface area contributed by atoms with E-state index in [0.29, 0.717) is 5.84 Å². The number of likely N-dealkylation sites (tertiary alicyclic amines) is 1. The molecule has 2 aliphatic rings. The maximum Gasteiger partial charge on any atom is 0.0905 e. The molecule has 1 aliphatic carbocycles. The normalized spacial score (nSPS) is 27.6. The van der Waals surface area contributed by atoms with Crippen LogP contribution >= 0.6 is 0 Å². The summed E-state index contributed by atoms with van der Waals surface area (Å²) < 4.78 is 0. The lowest BCUT2D eigenvalue weighted by molar-refractivity contribution is 0.189. The van der Waals surface area contributed by atoms with Crippen LogP contribution in [0.25, 0.3) is 0 Å². The molecule has 1 saturated carbocycles. The van der Waals surface area contributed by atoms with E-state index < -0.39 is 0 Å². The van der Waals surface area contributed by atoms with E-state index in [-0.39, 0.29) is 0 Å². The Morgan fingerprint density at radius 1 is 1.19 bits per heavy atom. The predicted octanol–water partition coefficient (Wildman–Crippen LogP) is 2.36. The Morgan fingerprint density at radius 2 is 1.94 bits per heavy atom. The molecular weight excluding hydrogens is 198 g/mol. The van der Waals surface area contributed by atoms with Crippen molar-refractivity contribution in [3.8, 4) is 0 Å². The van der Waals surface area contributed by atoms with Crippen LogP contribution in [0.3, 0.4) is 0 Å². The Balaban J connectivity index is 1.76. The van der Waals surface area contributed by atoms with Crippen molar-refractivity contribution in [2.24, 2.45) is 11.7 Å². The minimum Gasteiger partial charge on any atom is -0.388 e. The minimum atomic E-state index is 0.344. The highest BCUT2D eigenvalue weighted by Gasteiger charge is 2.32. The number of hydrogen-bond donors (Lipinski definition) is 2. The fourth-order valence-electron chi connectivity index (χ4n) is 3.48. The number of nitrogens with one attached hydrogen (secondary N) is 1. The molecule has 2 rings (SSSR count). The van der Waals surface area contributed by atoms with Crippen LogP contribution in [-0.2, 0) is 0 Å². The summed E-state index contributed by atoms with van der Waals surface area (Å²) in [7, 11) is 0. The van der Waals surface area contributed by atoms with Gasteiger partial charge in [0.15, 0.2) is 0 Å². The van der Waals surface area contributed by atoms with Gasteiger partial charge in [-0.15, -0.1) is 0 Å². The second-order valence-electron chi connectivity index (χ2n) is 5.42. The van der Waals surface area contributed by atoms with Gasteiger partial charge in [0, 0.05) is 12.5 Å². The van der Waals surface area contributed by atoms with Crippen molar-refractivity contribution in [1.29, 1.82) is 5.41 Å². The summed E-state index contributed by atoms with van der Waals surface area (Å²) in [6.07, 6.45) is 10.4.